The van der Waals surface area contributed by atoms with E-state index in [9.17, 15) is 4.79 Å². The van der Waals surface area contributed by atoms with Crippen LogP contribution in [0.4, 0.5) is 5.95 Å². The molecule has 2 aromatic carbocycles. The van der Waals surface area contributed by atoms with E-state index in [2.05, 4.69) is 31.2 Å². The summed E-state index contributed by atoms with van der Waals surface area (Å²) < 4.78 is 1.02. The molecule has 0 spiro atoms. The van der Waals surface area contributed by atoms with Crippen molar-refractivity contribution >= 4 is 21.9 Å². The average Bonchev–Trinajstić information content (AvgIpc) is 2.53. The van der Waals surface area contributed by atoms with Gasteiger partial charge in [0, 0.05) is 22.6 Å². The summed E-state index contributed by atoms with van der Waals surface area (Å²) in [5, 5.41) is 3.15. The van der Waals surface area contributed by atoms with Gasteiger partial charge in [0.2, 0.25) is 5.95 Å². The van der Waals surface area contributed by atoms with E-state index in [1.807, 2.05) is 54.6 Å². The number of hydrogen-bond acceptors (Lipinski definition) is 3. The van der Waals surface area contributed by atoms with Crippen molar-refractivity contribution in [2.24, 2.45) is 0 Å². The van der Waals surface area contributed by atoms with Gasteiger partial charge in [-0.1, -0.05) is 58.4 Å². The molecule has 2 N–H and O–H groups in total. The smallest absolute Gasteiger partial charge is 0.252 e. The third-order valence-corrected chi connectivity index (χ3v) is 3.65. The summed E-state index contributed by atoms with van der Waals surface area (Å²) >= 11 is 3.44. The lowest BCUT2D eigenvalue weighted by molar-refractivity contribution is 1.04. The van der Waals surface area contributed by atoms with E-state index < -0.39 is 0 Å². The Bertz CT molecular complexity index is 831. The number of halogens is 1. The molecule has 0 unspecified atom stereocenters. The van der Waals surface area contributed by atoms with E-state index in [1.165, 1.54) is 6.07 Å². The molecule has 0 aliphatic carbocycles. The molecule has 0 atom stereocenters. The van der Waals surface area contributed by atoms with Crippen molar-refractivity contribution in [2.45, 2.75) is 6.54 Å². The van der Waals surface area contributed by atoms with Crippen LogP contribution in [-0.4, -0.2) is 9.97 Å². The van der Waals surface area contributed by atoms with E-state index in [-0.39, 0.29) is 5.56 Å². The highest BCUT2D eigenvalue weighted by atomic mass is 79.9. The van der Waals surface area contributed by atoms with Crippen molar-refractivity contribution in [1.82, 2.24) is 9.97 Å². The minimum atomic E-state index is -0.175. The Morgan fingerprint density at radius 2 is 1.86 bits per heavy atom. The van der Waals surface area contributed by atoms with Crippen LogP contribution in [-0.2, 0) is 6.54 Å². The summed E-state index contributed by atoms with van der Waals surface area (Å²) in [4.78, 5) is 19.0. The molecule has 1 aromatic heterocycles. The molecule has 22 heavy (non-hydrogen) atoms. The third kappa shape index (κ3) is 3.62. The fraction of sp³-hybridized carbons (Fsp3) is 0.0588. The first-order valence-electron chi connectivity index (χ1n) is 6.86. The van der Waals surface area contributed by atoms with E-state index in [0.29, 0.717) is 18.2 Å². The minimum Gasteiger partial charge on any atom is -0.352 e. The predicted octanol–water partition coefficient (Wildman–Crippen LogP) is 3.81. The number of rotatable bonds is 4. The van der Waals surface area contributed by atoms with Crippen LogP contribution in [0.3, 0.4) is 0 Å². The Hall–Kier alpha value is -2.40. The number of H-pyrrole nitrogens is 1. The van der Waals surface area contributed by atoms with Crippen molar-refractivity contribution < 1.29 is 0 Å². The highest BCUT2D eigenvalue weighted by molar-refractivity contribution is 9.10. The zero-order chi connectivity index (χ0) is 15.4. The molecule has 0 saturated carbocycles. The van der Waals surface area contributed by atoms with Crippen molar-refractivity contribution in [3.63, 3.8) is 0 Å². The molecular formula is C17H14BrN3O. The summed E-state index contributed by atoms with van der Waals surface area (Å²) in [6, 6.07) is 19.1. The van der Waals surface area contributed by atoms with Gasteiger partial charge in [0.25, 0.3) is 5.56 Å². The van der Waals surface area contributed by atoms with E-state index in [0.717, 1.165) is 15.6 Å². The van der Waals surface area contributed by atoms with Crippen LogP contribution < -0.4 is 10.9 Å². The number of benzene rings is 2. The minimum absolute atomic E-state index is 0.175. The van der Waals surface area contributed by atoms with Crippen LogP contribution >= 0.6 is 15.9 Å². The number of nitrogens with zero attached hydrogens (tertiary/aromatic N) is 1. The van der Waals surface area contributed by atoms with Gasteiger partial charge in [-0.3, -0.25) is 9.78 Å². The van der Waals surface area contributed by atoms with Gasteiger partial charge < -0.3 is 5.32 Å². The largest absolute Gasteiger partial charge is 0.352 e. The molecule has 5 heteroatoms. The second-order valence-electron chi connectivity index (χ2n) is 4.83. The molecule has 0 aliphatic heterocycles. The fourth-order valence-electron chi connectivity index (χ4n) is 2.13. The Morgan fingerprint density at radius 3 is 2.64 bits per heavy atom. The third-order valence-electron chi connectivity index (χ3n) is 3.16. The van der Waals surface area contributed by atoms with E-state index in [4.69, 9.17) is 0 Å². The van der Waals surface area contributed by atoms with Crippen LogP contribution in [0.2, 0.25) is 0 Å². The van der Waals surface area contributed by atoms with Crippen LogP contribution in [0.5, 0.6) is 0 Å². The molecule has 0 bridgehead atoms. The predicted molar refractivity (Wildman–Crippen MR) is 91.8 cm³/mol. The summed E-state index contributed by atoms with van der Waals surface area (Å²) in [6.45, 7) is 0.584. The van der Waals surface area contributed by atoms with Crippen molar-refractivity contribution in [1.29, 1.82) is 0 Å². The molecule has 0 saturated heterocycles. The van der Waals surface area contributed by atoms with Gasteiger partial charge in [0.15, 0.2) is 0 Å². The molecule has 0 radical (unpaired) electrons. The van der Waals surface area contributed by atoms with Crippen LogP contribution in [0, 0.1) is 0 Å². The van der Waals surface area contributed by atoms with E-state index >= 15 is 0 Å². The van der Waals surface area contributed by atoms with Gasteiger partial charge in [-0.2, -0.15) is 0 Å². The lowest BCUT2D eigenvalue weighted by atomic mass is 10.1. The molecule has 1 heterocycles. The fourth-order valence-corrected chi connectivity index (χ4v) is 2.58. The van der Waals surface area contributed by atoms with Gasteiger partial charge in [-0.05, 0) is 17.7 Å². The zero-order valence-corrected chi connectivity index (χ0v) is 13.3. The molecule has 3 rings (SSSR count). The summed E-state index contributed by atoms with van der Waals surface area (Å²) in [5.41, 5.74) is 2.49. The number of aromatic amines is 1. The molecule has 0 amide bonds. The maximum Gasteiger partial charge on any atom is 0.252 e. The SMILES string of the molecule is O=c1cc(-c2ccccc2)nc(NCc2cccc(Br)c2)[nH]1. The van der Waals surface area contributed by atoms with Crippen LogP contribution in [0.25, 0.3) is 11.3 Å². The Morgan fingerprint density at radius 1 is 1.05 bits per heavy atom. The molecule has 0 aliphatic rings. The normalized spacial score (nSPS) is 10.4. The number of aromatic nitrogens is 2. The molecule has 0 fully saturated rings. The quantitative estimate of drug-likeness (QED) is 0.747. The second-order valence-corrected chi connectivity index (χ2v) is 5.74. The van der Waals surface area contributed by atoms with E-state index in [1.54, 1.807) is 0 Å². The van der Waals surface area contributed by atoms with Crippen molar-refractivity contribution in [3.8, 4) is 11.3 Å². The number of hydrogen-bond donors (Lipinski definition) is 2. The average molecular weight is 356 g/mol. The zero-order valence-electron chi connectivity index (χ0n) is 11.7. The first kappa shape index (κ1) is 14.5. The van der Waals surface area contributed by atoms with Gasteiger partial charge in [-0.25, -0.2) is 4.98 Å². The number of anilines is 1. The Kier molecular flexibility index (Phi) is 4.34. The summed E-state index contributed by atoms with van der Waals surface area (Å²) in [7, 11) is 0. The molecular weight excluding hydrogens is 342 g/mol. The first-order valence-corrected chi connectivity index (χ1v) is 7.65. The van der Waals surface area contributed by atoms with Gasteiger partial charge in [0.05, 0.1) is 5.69 Å². The molecule has 4 nitrogen and oxygen atoms in total. The maximum absolute atomic E-state index is 11.8. The Balaban J connectivity index is 1.83. The van der Waals surface area contributed by atoms with Crippen LogP contribution in [0.15, 0.2) is 69.9 Å². The lowest BCUT2D eigenvalue weighted by Gasteiger charge is -2.07. The van der Waals surface area contributed by atoms with Gasteiger partial charge in [-0.15, -0.1) is 0 Å². The topological polar surface area (TPSA) is 57.8 Å². The van der Waals surface area contributed by atoms with Crippen molar-refractivity contribution in [3.05, 3.63) is 81.1 Å². The first-order chi connectivity index (χ1) is 10.7. The van der Waals surface area contributed by atoms with Crippen LogP contribution in [0.1, 0.15) is 5.56 Å². The molecule has 110 valence electrons. The summed E-state index contributed by atoms with van der Waals surface area (Å²) in [5.74, 6) is 0.464. The Labute approximate surface area is 136 Å². The highest BCUT2D eigenvalue weighted by Gasteiger charge is 2.04. The summed E-state index contributed by atoms with van der Waals surface area (Å²) in [6.07, 6.45) is 0. The molecule has 3 aromatic rings. The van der Waals surface area contributed by atoms with Gasteiger partial charge in [0.1, 0.15) is 0 Å². The lowest BCUT2D eigenvalue weighted by Crippen LogP contribution is -2.12. The van der Waals surface area contributed by atoms with Gasteiger partial charge >= 0.3 is 0 Å². The number of nitrogens with one attached hydrogen (secondary N) is 2. The maximum atomic E-state index is 11.8. The van der Waals surface area contributed by atoms with Crippen molar-refractivity contribution in [2.75, 3.05) is 5.32 Å². The monoisotopic (exact) mass is 355 g/mol. The standard InChI is InChI=1S/C17H14BrN3O/c18-14-8-4-5-12(9-14)11-19-17-20-15(10-16(22)21-17)13-6-2-1-3-7-13/h1-10H,11H2,(H2,19,20,21,22). The highest BCUT2D eigenvalue weighted by Crippen LogP contribution is 2.16. The second kappa shape index (κ2) is 6.58.